The minimum atomic E-state index is -0.159. The molecule has 0 radical (unpaired) electrons. The zero-order valence-corrected chi connectivity index (χ0v) is 15.3. The van der Waals surface area contributed by atoms with Crippen LogP contribution < -0.4 is 20.1 Å². The molecule has 1 unspecified atom stereocenters. The fraction of sp³-hybridized carbons (Fsp3) is 0.286. The highest BCUT2D eigenvalue weighted by molar-refractivity contribution is 5.95. The number of carbonyl (C=O) groups is 1. The summed E-state index contributed by atoms with van der Waals surface area (Å²) in [6.45, 7) is 8.26. The molecule has 0 saturated carbocycles. The Morgan fingerprint density at radius 1 is 1.23 bits per heavy atom. The van der Waals surface area contributed by atoms with E-state index in [9.17, 15) is 4.79 Å². The standard InChI is InChI=1S/C21H26N2O3/c1-4-13-25-20-12-7-6-11-19(20)23-21(24)15-22-17-9-8-10-18(14-17)26-16(3)5-2/h4,6-12,14,16,22H,1,5,13,15H2,2-3H3,(H,23,24). The monoisotopic (exact) mass is 354 g/mol. The highest BCUT2D eigenvalue weighted by Crippen LogP contribution is 2.24. The van der Waals surface area contributed by atoms with Gasteiger partial charge in [0.05, 0.1) is 18.3 Å². The van der Waals surface area contributed by atoms with Crippen LogP contribution >= 0.6 is 0 Å². The molecule has 2 aromatic rings. The van der Waals surface area contributed by atoms with E-state index in [1.54, 1.807) is 12.1 Å². The average Bonchev–Trinajstić information content (AvgIpc) is 2.66. The number of hydrogen-bond donors (Lipinski definition) is 2. The van der Waals surface area contributed by atoms with Crippen molar-refractivity contribution in [3.05, 3.63) is 61.2 Å². The van der Waals surface area contributed by atoms with Gasteiger partial charge in [0, 0.05) is 11.8 Å². The molecule has 1 amide bonds. The highest BCUT2D eigenvalue weighted by atomic mass is 16.5. The lowest BCUT2D eigenvalue weighted by molar-refractivity contribution is -0.114. The van der Waals surface area contributed by atoms with Gasteiger partial charge in [0.25, 0.3) is 0 Å². The number of benzene rings is 2. The molecule has 138 valence electrons. The molecule has 0 fully saturated rings. The van der Waals surface area contributed by atoms with Crippen molar-refractivity contribution in [2.75, 3.05) is 23.8 Å². The van der Waals surface area contributed by atoms with Gasteiger partial charge in [-0.3, -0.25) is 4.79 Å². The number of hydrogen-bond acceptors (Lipinski definition) is 4. The molecule has 26 heavy (non-hydrogen) atoms. The van der Waals surface area contributed by atoms with Crippen LogP contribution in [0.5, 0.6) is 11.5 Å². The van der Waals surface area contributed by atoms with Crippen LogP contribution in [0.15, 0.2) is 61.2 Å². The number of anilines is 2. The molecule has 1 atom stereocenters. The quantitative estimate of drug-likeness (QED) is 0.618. The third-order valence-corrected chi connectivity index (χ3v) is 3.72. The van der Waals surface area contributed by atoms with Gasteiger partial charge in [0.2, 0.25) is 5.91 Å². The summed E-state index contributed by atoms with van der Waals surface area (Å²) in [4.78, 5) is 12.2. The Morgan fingerprint density at radius 2 is 2.04 bits per heavy atom. The molecular weight excluding hydrogens is 328 g/mol. The molecule has 0 aromatic heterocycles. The number of amides is 1. The molecule has 0 heterocycles. The molecule has 0 aliphatic heterocycles. The lowest BCUT2D eigenvalue weighted by Gasteiger charge is -2.14. The van der Waals surface area contributed by atoms with Crippen LogP contribution in [0, 0.1) is 0 Å². The number of ether oxygens (including phenoxy) is 2. The fourth-order valence-corrected chi connectivity index (χ4v) is 2.22. The summed E-state index contributed by atoms with van der Waals surface area (Å²) >= 11 is 0. The largest absolute Gasteiger partial charge is 0.491 e. The van der Waals surface area contributed by atoms with Crippen molar-refractivity contribution < 1.29 is 14.3 Å². The average molecular weight is 354 g/mol. The highest BCUT2D eigenvalue weighted by Gasteiger charge is 2.08. The molecule has 5 nitrogen and oxygen atoms in total. The van der Waals surface area contributed by atoms with Crippen LogP contribution in [0.25, 0.3) is 0 Å². The van der Waals surface area contributed by atoms with Gasteiger partial charge in [0.1, 0.15) is 18.1 Å². The van der Waals surface area contributed by atoms with E-state index in [4.69, 9.17) is 9.47 Å². The van der Waals surface area contributed by atoms with E-state index >= 15 is 0 Å². The molecule has 5 heteroatoms. The molecule has 0 aliphatic rings. The molecule has 0 bridgehead atoms. The summed E-state index contributed by atoms with van der Waals surface area (Å²) in [6, 6.07) is 14.9. The van der Waals surface area contributed by atoms with Gasteiger partial charge >= 0.3 is 0 Å². The maximum Gasteiger partial charge on any atom is 0.243 e. The smallest absolute Gasteiger partial charge is 0.243 e. The minimum Gasteiger partial charge on any atom is -0.491 e. The zero-order chi connectivity index (χ0) is 18.8. The molecule has 0 spiro atoms. The van der Waals surface area contributed by atoms with E-state index in [0.29, 0.717) is 18.0 Å². The lowest BCUT2D eigenvalue weighted by atomic mass is 10.2. The molecule has 2 N–H and O–H groups in total. The number of para-hydroxylation sites is 2. The van der Waals surface area contributed by atoms with E-state index in [0.717, 1.165) is 17.9 Å². The maximum atomic E-state index is 12.2. The van der Waals surface area contributed by atoms with Crippen LogP contribution in [0.2, 0.25) is 0 Å². The molecule has 2 aromatic carbocycles. The van der Waals surface area contributed by atoms with Gasteiger partial charge < -0.3 is 20.1 Å². The first-order valence-electron chi connectivity index (χ1n) is 8.75. The Balaban J connectivity index is 1.91. The Kier molecular flexibility index (Phi) is 7.55. The van der Waals surface area contributed by atoms with Gasteiger partial charge in [0.15, 0.2) is 0 Å². The summed E-state index contributed by atoms with van der Waals surface area (Å²) in [5.74, 6) is 1.24. The molecule has 2 rings (SSSR count). The topological polar surface area (TPSA) is 59.6 Å². The van der Waals surface area contributed by atoms with E-state index in [-0.39, 0.29) is 18.6 Å². The number of carbonyl (C=O) groups excluding carboxylic acids is 1. The molecular formula is C21H26N2O3. The Bertz CT molecular complexity index is 731. The summed E-state index contributed by atoms with van der Waals surface area (Å²) in [5, 5.41) is 5.96. The Morgan fingerprint density at radius 3 is 2.81 bits per heavy atom. The van der Waals surface area contributed by atoms with Crippen LogP contribution in [0.3, 0.4) is 0 Å². The number of nitrogens with one attached hydrogen (secondary N) is 2. The van der Waals surface area contributed by atoms with Crippen molar-refractivity contribution >= 4 is 17.3 Å². The van der Waals surface area contributed by atoms with Crippen molar-refractivity contribution in [1.29, 1.82) is 0 Å². The first-order valence-corrected chi connectivity index (χ1v) is 8.75. The van der Waals surface area contributed by atoms with Gasteiger partial charge in [-0.05, 0) is 37.6 Å². The predicted octanol–water partition coefficient (Wildman–Crippen LogP) is 4.48. The van der Waals surface area contributed by atoms with E-state index in [2.05, 4.69) is 24.1 Å². The van der Waals surface area contributed by atoms with E-state index in [1.165, 1.54) is 0 Å². The summed E-state index contributed by atoms with van der Waals surface area (Å²) in [7, 11) is 0. The van der Waals surface area contributed by atoms with Crippen LogP contribution in [0.4, 0.5) is 11.4 Å². The van der Waals surface area contributed by atoms with E-state index < -0.39 is 0 Å². The van der Waals surface area contributed by atoms with Crippen LogP contribution in [0.1, 0.15) is 20.3 Å². The van der Waals surface area contributed by atoms with Crippen molar-refractivity contribution in [2.45, 2.75) is 26.4 Å². The lowest BCUT2D eigenvalue weighted by Crippen LogP contribution is -2.22. The van der Waals surface area contributed by atoms with Crippen molar-refractivity contribution in [3.63, 3.8) is 0 Å². The van der Waals surface area contributed by atoms with E-state index in [1.807, 2.05) is 49.4 Å². The van der Waals surface area contributed by atoms with Crippen molar-refractivity contribution in [2.24, 2.45) is 0 Å². The third kappa shape index (κ3) is 6.16. The summed E-state index contributed by atoms with van der Waals surface area (Å²) < 4.78 is 11.3. The molecule has 0 aliphatic carbocycles. The second-order valence-corrected chi connectivity index (χ2v) is 5.86. The van der Waals surface area contributed by atoms with Crippen molar-refractivity contribution in [3.8, 4) is 11.5 Å². The summed E-state index contributed by atoms with van der Waals surface area (Å²) in [5.41, 5.74) is 1.46. The SMILES string of the molecule is C=CCOc1ccccc1NC(=O)CNc1cccc(OC(C)CC)c1. The van der Waals surface area contributed by atoms with Gasteiger partial charge in [-0.1, -0.05) is 37.8 Å². The maximum absolute atomic E-state index is 12.2. The third-order valence-electron chi connectivity index (χ3n) is 3.72. The van der Waals surface area contributed by atoms with Gasteiger partial charge in [-0.25, -0.2) is 0 Å². The fourth-order valence-electron chi connectivity index (χ4n) is 2.22. The second kappa shape index (κ2) is 10.1. The normalized spacial score (nSPS) is 11.3. The Labute approximate surface area is 155 Å². The second-order valence-electron chi connectivity index (χ2n) is 5.86. The summed E-state index contributed by atoms with van der Waals surface area (Å²) in [6.07, 6.45) is 2.75. The van der Waals surface area contributed by atoms with Crippen LogP contribution in [-0.2, 0) is 4.79 Å². The van der Waals surface area contributed by atoms with Gasteiger partial charge in [-0.2, -0.15) is 0 Å². The zero-order valence-electron chi connectivity index (χ0n) is 15.3. The minimum absolute atomic E-state index is 0.141. The number of rotatable bonds is 10. The first kappa shape index (κ1) is 19.4. The molecule has 0 saturated heterocycles. The predicted molar refractivity (Wildman–Crippen MR) is 106 cm³/mol. The van der Waals surface area contributed by atoms with Crippen molar-refractivity contribution in [1.82, 2.24) is 0 Å². The first-order chi connectivity index (χ1) is 12.6. The Hall–Kier alpha value is -2.95. The van der Waals surface area contributed by atoms with Gasteiger partial charge in [-0.15, -0.1) is 0 Å². The van der Waals surface area contributed by atoms with Crippen LogP contribution in [-0.4, -0.2) is 25.2 Å².